The SMILES string of the molecule is CCSc1nnc(S[C@@H](C)C(=O)Nc2ccc(S(=O)(=O)NC(C)C)cc2)s1. The number of benzene rings is 1. The molecule has 0 aliphatic heterocycles. The minimum Gasteiger partial charge on any atom is -0.325 e. The van der Waals surface area contributed by atoms with E-state index in [2.05, 4.69) is 20.2 Å². The Morgan fingerprint density at radius 1 is 1.15 bits per heavy atom. The van der Waals surface area contributed by atoms with Crippen LogP contribution in [0.4, 0.5) is 5.69 Å². The van der Waals surface area contributed by atoms with Crippen molar-refractivity contribution < 1.29 is 13.2 Å². The number of sulfonamides is 1. The van der Waals surface area contributed by atoms with Crippen molar-refractivity contribution >= 4 is 56.5 Å². The zero-order valence-electron chi connectivity index (χ0n) is 15.4. The Bertz CT molecular complexity index is 866. The Morgan fingerprint density at radius 3 is 2.37 bits per heavy atom. The Hall–Kier alpha value is -1.14. The predicted molar refractivity (Wildman–Crippen MR) is 112 cm³/mol. The Balaban J connectivity index is 1.96. The third-order valence-corrected chi connectivity index (χ3v) is 7.92. The van der Waals surface area contributed by atoms with E-state index in [1.807, 2.05) is 6.92 Å². The number of carbonyl (C=O) groups is 1. The van der Waals surface area contributed by atoms with Gasteiger partial charge in [-0.05, 0) is 50.8 Å². The normalized spacial score (nSPS) is 12.9. The number of nitrogens with one attached hydrogen (secondary N) is 2. The minimum atomic E-state index is -3.55. The number of rotatable bonds is 9. The standard InChI is InChI=1S/C16H22N4O3S4/c1-5-24-15-18-19-16(26-15)25-11(4)14(21)17-12-6-8-13(9-7-12)27(22,23)20-10(2)3/h6-11,20H,5H2,1-4H3,(H,17,21)/t11-/m0/s1. The third-order valence-electron chi connectivity index (χ3n) is 3.13. The van der Waals surface area contributed by atoms with E-state index in [4.69, 9.17) is 0 Å². The first-order valence-corrected chi connectivity index (χ1v) is 12.4. The van der Waals surface area contributed by atoms with Crippen LogP contribution in [-0.2, 0) is 14.8 Å². The van der Waals surface area contributed by atoms with E-state index in [9.17, 15) is 13.2 Å². The number of carbonyl (C=O) groups excluding carboxylic acids is 1. The van der Waals surface area contributed by atoms with Gasteiger partial charge >= 0.3 is 0 Å². The summed E-state index contributed by atoms with van der Waals surface area (Å²) < 4.78 is 28.4. The summed E-state index contributed by atoms with van der Waals surface area (Å²) in [5.74, 6) is 0.740. The summed E-state index contributed by atoms with van der Waals surface area (Å²) in [5, 5.41) is 10.6. The first-order chi connectivity index (χ1) is 12.7. The van der Waals surface area contributed by atoms with Crippen LogP contribution >= 0.6 is 34.9 Å². The fourth-order valence-corrected chi connectivity index (χ4v) is 6.28. The average molecular weight is 447 g/mol. The number of aromatic nitrogens is 2. The molecule has 1 aromatic carbocycles. The van der Waals surface area contributed by atoms with E-state index in [1.165, 1.54) is 35.2 Å². The summed E-state index contributed by atoms with van der Waals surface area (Å²) in [6.07, 6.45) is 0. The highest BCUT2D eigenvalue weighted by Crippen LogP contribution is 2.31. The number of nitrogens with zero attached hydrogens (tertiary/aromatic N) is 2. The molecule has 7 nitrogen and oxygen atoms in total. The molecule has 0 unspecified atom stereocenters. The highest BCUT2D eigenvalue weighted by molar-refractivity contribution is 8.03. The smallest absolute Gasteiger partial charge is 0.240 e. The molecule has 1 atom stereocenters. The summed E-state index contributed by atoms with van der Waals surface area (Å²) in [6.45, 7) is 7.35. The summed E-state index contributed by atoms with van der Waals surface area (Å²) in [5.41, 5.74) is 0.537. The van der Waals surface area contributed by atoms with Gasteiger partial charge in [0.05, 0.1) is 10.1 Å². The van der Waals surface area contributed by atoms with Crippen molar-refractivity contribution in [3.05, 3.63) is 24.3 Å². The van der Waals surface area contributed by atoms with E-state index in [1.54, 1.807) is 44.7 Å². The van der Waals surface area contributed by atoms with Gasteiger partial charge in [0.15, 0.2) is 8.68 Å². The second-order valence-electron chi connectivity index (χ2n) is 5.82. The van der Waals surface area contributed by atoms with E-state index in [0.29, 0.717) is 5.69 Å². The van der Waals surface area contributed by atoms with Gasteiger partial charge in [-0.25, -0.2) is 13.1 Å². The monoisotopic (exact) mass is 446 g/mol. The Kier molecular flexibility index (Phi) is 8.10. The molecule has 0 aliphatic rings. The maximum atomic E-state index is 12.4. The van der Waals surface area contributed by atoms with Gasteiger partial charge in [-0.1, -0.05) is 41.8 Å². The van der Waals surface area contributed by atoms with Gasteiger partial charge in [-0.3, -0.25) is 4.79 Å². The summed E-state index contributed by atoms with van der Waals surface area (Å²) >= 11 is 4.43. The molecule has 1 amide bonds. The lowest BCUT2D eigenvalue weighted by Gasteiger charge is -2.12. The molecule has 0 aliphatic carbocycles. The molecule has 0 saturated carbocycles. The van der Waals surface area contributed by atoms with Crippen LogP contribution in [0.5, 0.6) is 0 Å². The van der Waals surface area contributed by atoms with Gasteiger partial charge in [-0.2, -0.15) is 0 Å². The first-order valence-electron chi connectivity index (χ1n) is 8.27. The molecule has 2 aromatic rings. The molecule has 1 aromatic heterocycles. The highest BCUT2D eigenvalue weighted by atomic mass is 32.2. The molecule has 148 valence electrons. The van der Waals surface area contributed by atoms with Crippen LogP contribution in [0, 0.1) is 0 Å². The molecule has 1 heterocycles. The van der Waals surface area contributed by atoms with E-state index >= 15 is 0 Å². The topological polar surface area (TPSA) is 101 Å². The van der Waals surface area contributed by atoms with Crippen LogP contribution in [0.3, 0.4) is 0 Å². The minimum absolute atomic E-state index is 0.159. The van der Waals surface area contributed by atoms with E-state index in [-0.39, 0.29) is 22.1 Å². The first kappa shape index (κ1) is 22.2. The largest absolute Gasteiger partial charge is 0.325 e. The number of hydrogen-bond acceptors (Lipinski definition) is 8. The van der Waals surface area contributed by atoms with Crippen LogP contribution in [0.1, 0.15) is 27.7 Å². The van der Waals surface area contributed by atoms with Crippen molar-refractivity contribution in [1.29, 1.82) is 0 Å². The lowest BCUT2D eigenvalue weighted by atomic mass is 10.3. The van der Waals surface area contributed by atoms with Crippen molar-refractivity contribution in [3.8, 4) is 0 Å². The fraction of sp³-hybridized carbons (Fsp3) is 0.438. The van der Waals surface area contributed by atoms with Gasteiger partial charge in [0, 0.05) is 11.7 Å². The predicted octanol–water partition coefficient (Wildman–Crippen LogP) is 3.46. The highest BCUT2D eigenvalue weighted by Gasteiger charge is 2.19. The lowest BCUT2D eigenvalue weighted by molar-refractivity contribution is -0.115. The van der Waals surface area contributed by atoms with Crippen molar-refractivity contribution in [2.45, 2.75) is 52.6 Å². The molecule has 2 rings (SSSR count). The summed E-state index contributed by atoms with van der Waals surface area (Å²) in [6, 6.07) is 5.90. The zero-order valence-corrected chi connectivity index (χ0v) is 18.7. The molecule has 11 heteroatoms. The summed E-state index contributed by atoms with van der Waals surface area (Å²) in [7, 11) is -3.55. The molecular weight excluding hydrogens is 424 g/mol. The fourth-order valence-electron chi connectivity index (χ4n) is 1.97. The molecule has 0 saturated heterocycles. The molecule has 27 heavy (non-hydrogen) atoms. The molecule has 2 N–H and O–H groups in total. The van der Waals surface area contributed by atoms with Gasteiger partial charge in [0.1, 0.15) is 0 Å². The maximum Gasteiger partial charge on any atom is 0.240 e. The van der Waals surface area contributed by atoms with Crippen molar-refractivity contribution in [1.82, 2.24) is 14.9 Å². The molecule has 0 radical (unpaired) electrons. The number of hydrogen-bond donors (Lipinski definition) is 2. The van der Waals surface area contributed by atoms with Crippen LogP contribution in [0.2, 0.25) is 0 Å². The zero-order chi connectivity index (χ0) is 20.0. The van der Waals surface area contributed by atoms with Gasteiger partial charge in [-0.15, -0.1) is 10.2 Å². The Labute approximate surface area is 172 Å². The lowest BCUT2D eigenvalue weighted by Crippen LogP contribution is -2.30. The summed E-state index contributed by atoms with van der Waals surface area (Å²) in [4.78, 5) is 12.5. The third kappa shape index (κ3) is 6.75. The van der Waals surface area contributed by atoms with Crippen LogP contribution < -0.4 is 10.0 Å². The maximum absolute atomic E-state index is 12.4. The van der Waals surface area contributed by atoms with Crippen molar-refractivity contribution in [2.75, 3.05) is 11.1 Å². The van der Waals surface area contributed by atoms with Crippen LogP contribution in [0.25, 0.3) is 0 Å². The number of thioether (sulfide) groups is 2. The van der Waals surface area contributed by atoms with Gasteiger partial charge in [0.2, 0.25) is 15.9 Å². The second kappa shape index (κ2) is 9.87. The molecule has 0 fully saturated rings. The van der Waals surface area contributed by atoms with E-state index < -0.39 is 10.0 Å². The second-order valence-corrected chi connectivity index (χ2v) is 11.6. The van der Waals surface area contributed by atoms with Gasteiger partial charge < -0.3 is 5.32 Å². The number of amides is 1. The molecular formula is C16H22N4O3S4. The van der Waals surface area contributed by atoms with E-state index in [0.717, 1.165) is 14.4 Å². The van der Waals surface area contributed by atoms with Crippen molar-refractivity contribution in [2.24, 2.45) is 0 Å². The number of anilines is 1. The average Bonchev–Trinajstić information content (AvgIpc) is 3.01. The van der Waals surface area contributed by atoms with Crippen molar-refractivity contribution in [3.63, 3.8) is 0 Å². The molecule has 0 spiro atoms. The van der Waals surface area contributed by atoms with Crippen LogP contribution in [0.15, 0.2) is 37.8 Å². The Morgan fingerprint density at radius 2 is 1.78 bits per heavy atom. The quantitative estimate of drug-likeness (QED) is 0.569. The molecule has 0 bridgehead atoms. The van der Waals surface area contributed by atoms with Gasteiger partial charge in [0.25, 0.3) is 0 Å². The van der Waals surface area contributed by atoms with Crippen LogP contribution in [-0.4, -0.2) is 41.6 Å².